The molecule has 0 fully saturated rings. The van der Waals surface area contributed by atoms with Gasteiger partial charge in [-0.3, -0.25) is 4.79 Å². The van der Waals surface area contributed by atoms with Crippen molar-refractivity contribution in [1.29, 1.82) is 0 Å². The minimum Gasteiger partial charge on any atom is -0.493 e. The molecule has 0 bridgehead atoms. The number of hydrogen-bond acceptors (Lipinski definition) is 5. The molecule has 1 amide bonds. The first-order valence-corrected chi connectivity index (χ1v) is 7.93. The highest BCUT2D eigenvalue weighted by Crippen LogP contribution is 2.39. The topological polar surface area (TPSA) is 82.8 Å². The molecule has 142 valence electrons. The monoisotopic (exact) mass is 380 g/mol. The summed E-state index contributed by atoms with van der Waals surface area (Å²) in [6.45, 7) is 2.34. The Kier molecular flexibility index (Phi) is 8.22. The van der Waals surface area contributed by atoms with Gasteiger partial charge in [-0.25, -0.2) is 0 Å². The summed E-state index contributed by atoms with van der Waals surface area (Å²) in [6, 6.07) is 10.6. The van der Waals surface area contributed by atoms with E-state index in [0.29, 0.717) is 29.4 Å². The number of halogens is 1. The Morgan fingerprint density at radius 1 is 1.04 bits per heavy atom. The molecule has 7 heteroatoms. The van der Waals surface area contributed by atoms with Crippen molar-refractivity contribution >= 4 is 18.3 Å². The van der Waals surface area contributed by atoms with Crippen LogP contribution in [0.15, 0.2) is 36.4 Å². The number of methoxy groups -OCH3 is 3. The molecule has 6 nitrogen and oxygen atoms in total. The first kappa shape index (κ1) is 21.6. The van der Waals surface area contributed by atoms with E-state index in [-0.39, 0.29) is 24.4 Å². The third kappa shape index (κ3) is 4.80. The second-order valence-corrected chi connectivity index (χ2v) is 5.55. The van der Waals surface area contributed by atoms with Crippen molar-refractivity contribution < 1.29 is 19.0 Å². The van der Waals surface area contributed by atoms with E-state index < -0.39 is 0 Å². The van der Waals surface area contributed by atoms with E-state index >= 15 is 0 Å². The van der Waals surface area contributed by atoms with Gasteiger partial charge in [0.25, 0.3) is 5.91 Å². The summed E-state index contributed by atoms with van der Waals surface area (Å²) < 4.78 is 16.0. The smallest absolute Gasteiger partial charge is 0.251 e. The van der Waals surface area contributed by atoms with Crippen LogP contribution in [0, 0.1) is 0 Å². The molecule has 1 unspecified atom stereocenters. The zero-order valence-electron chi connectivity index (χ0n) is 15.4. The SMILES string of the molecule is COc1cc(C(C)NC(=O)c2ccc(CN)cc2)cc(OC)c1OC.Cl. The van der Waals surface area contributed by atoms with E-state index in [1.54, 1.807) is 33.5 Å². The van der Waals surface area contributed by atoms with Crippen molar-refractivity contribution in [2.45, 2.75) is 19.5 Å². The van der Waals surface area contributed by atoms with Gasteiger partial charge >= 0.3 is 0 Å². The van der Waals surface area contributed by atoms with Crippen LogP contribution in [0.3, 0.4) is 0 Å². The highest BCUT2D eigenvalue weighted by molar-refractivity contribution is 5.94. The number of amides is 1. The molecule has 0 aliphatic rings. The van der Waals surface area contributed by atoms with E-state index in [0.717, 1.165) is 11.1 Å². The van der Waals surface area contributed by atoms with Gasteiger partial charge in [0.15, 0.2) is 11.5 Å². The molecule has 0 saturated heterocycles. The molecule has 0 aliphatic carbocycles. The zero-order valence-corrected chi connectivity index (χ0v) is 16.2. The summed E-state index contributed by atoms with van der Waals surface area (Å²) in [6.07, 6.45) is 0. The maximum absolute atomic E-state index is 12.4. The summed E-state index contributed by atoms with van der Waals surface area (Å²) >= 11 is 0. The maximum atomic E-state index is 12.4. The van der Waals surface area contributed by atoms with Crippen molar-refractivity contribution in [2.75, 3.05) is 21.3 Å². The second kappa shape index (κ2) is 9.89. The third-order valence-electron chi connectivity index (χ3n) is 3.99. The van der Waals surface area contributed by atoms with E-state index in [4.69, 9.17) is 19.9 Å². The number of benzene rings is 2. The van der Waals surface area contributed by atoms with Crippen LogP contribution >= 0.6 is 12.4 Å². The minimum atomic E-state index is -0.240. The quantitative estimate of drug-likeness (QED) is 0.771. The Labute approximate surface area is 160 Å². The van der Waals surface area contributed by atoms with E-state index in [1.807, 2.05) is 31.2 Å². The van der Waals surface area contributed by atoms with Gasteiger partial charge in [-0.2, -0.15) is 0 Å². The second-order valence-electron chi connectivity index (χ2n) is 5.55. The van der Waals surface area contributed by atoms with Gasteiger partial charge < -0.3 is 25.3 Å². The number of nitrogens with one attached hydrogen (secondary N) is 1. The van der Waals surface area contributed by atoms with E-state index in [2.05, 4.69) is 5.32 Å². The highest BCUT2D eigenvalue weighted by Gasteiger charge is 2.18. The lowest BCUT2D eigenvalue weighted by molar-refractivity contribution is 0.0939. The fraction of sp³-hybridized carbons (Fsp3) is 0.316. The molecule has 0 saturated carbocycles. The molecule has 0 aromatic heterocycles. The molecule has 0 spiro atoms. The molecule has 2 aromatic carbocycles. The summed E-state index contributed by atoms with van der Waals surface area (Å²) in [5.74, 6) is 1.45. The van der Waals surface area contributed by atoms with Crippen LogP contribution in [0.2, 0.25) is 0 Å². The Balaban J connectivity index is 0.00000338. The van der Waals surface area contributed by atoms with Crippen LogP contribution in [-0.2, 0) is 6.54 Å². The summed E-state index contributed by atoms with van der Waals surface area (Å²) in [5, 5.41) is 2.97. The lowest BCUT2D eigenvalue weighted by Crippen LogP contribution is -2.26. The Morgan fingerprint density at radius 2 is 1.58 bits per heavy atom. The van der Waals surface area contributed by atoms with Crippen molar-refractivity contribution in [3.8, 4) is 17.2 Å². The standard InChI is InChI=1S/C19H24N2O4.ClH/c1-12(21-19(22)14-7-5-13(11-20)6-8-14)15-9-16(23-2)18(25-4)17(10-15)24-3;/h5-10,12H,11,20H2,1-4H3,(H,21,22);1H. The molecule has 0 heterocycles. The molecule has 3 N–H and O–H groups in total. The van der Waals surface area contributed by atoms with E-state index in [9.17, 15) is 4.79 Å². The molecule has 1 atom stereocenters. The van der Waals surface area contributed by atoms with Crippen molar-refractivity contribution in [2.24, 2.45) is 5.73 Å². The lowest BCUT2D eigenvalue weighted by atomic mass is 10.1. The fourth-order valence-electron chi connectivity index (χ4n) is 2.51. The van der Waals surface area contributed by atoms with Crippen LogP contribution in [0.4, 0.5) is 0 Å². The van der Waals surface area contributed by atoms with Crippen LogP contribution < -0.4 is 25.3 Å². The van der Waals surface area contributed by atoms with E-state index in [1.165, 1.54) is 0 Å². The minimum absolute atomic E-state index is 0. The van der Waals surface area contributed by atoms with Gasteiger partial charge in [-0.05, 0) is 42.3 Å². The molecular formula is C19H25ClN2O4. The Morgan fingerprint density at radius 3 is 2.00 bits per heavy atom. The van der Waals surface area contributed by atoms with Crippen LogP contribution in [0.25, 0.3) is 0 Å². The largest absolute Gasteiger partial charge is 0.493 e. The predicted octanol–water partition coefficient (Wildman–Crippen LogP) is 3.08. The number of hydrogen-bond donors (Lipinski definition) is 2. The predicted molar refractivity (Wildman–Crippen MR) is 104 cm³/mol. The lowest BCUT2D eigenvalue weighted by Gasteiger charge is -2.19. The third-order valence-corrected chi connectivity index (χ3v) is 3.99. The Hall–Kier alpha value is -2.44. The number of rotatable bonds is 7. The summed E-state index contributed by atoms with van der Waals surface area (Å²) in [7, 11) is 4.67. The van der Waals surface area contributed by atoms with Gasteiger partial charge in [0.2, 0.25) is 5.75 Å². The fourth-order valence-corrected chi connectivity index (χ4v) is 2.51. The van der Waals surface area contributed by atoms with Gasteiger partial charge in [0.1, 0.15) is 0 Å². The average Bonchev–Trinajstić information content (AvgIpc) is 2.66. The molecule has 0 radical (unpaired) electrons. The first-order valence-electron chi connectivity index (χ1n) is 7.93. The molecule has 2 aromatic rings. The molecule has 0 aliphatic heterocycles. The van der Waals surface area contributed by atoms with Gasteiger partial charge in [0.05, 0.1) is 27.4 Å². The van der Waals surface area contributed by atoms with Crippen molar-refractivity contribution in [3.63, 3.8) is 0 Å². The van der Waals surface area contributed by atoms with Gasteiger partial charge in [0, 0.05) is 12.1 Å². The molecule has 26 heavy (non-hydrogen) atoms. The maximum Gasteiger partial charge on any atom is 0.251 e. The number of ether oxygens (including phenoxy) is 3. The molecular weight excluding hydrogens is 356 g/mol. The summed E-state index contributed by atoms with van der Waals surface area (Å²) in [4.78, 5) is 12.4. The molecule has 2 rings (SSSR count). The van der Waals surface area contributed by atoms with Gasteiger partial charge in [-0.15, -0.1) is 12.4 Å². The zero-order chi connectivity index (χ0) is 18.4. The van der Waals surface area contributed by atoms with Crippen LogP contribution in [-0.4, -0.2) is 27.2 Å². The van der Waals surface area contributed by atoms with Gasteiger partial charge in [-0.1, -0.05) is 12.1 Å². The number of carbonyl (C=O) groups is 1. The summed E-state index contributed by atoms with van der Waals surface area (Å²) in [5.41, 5.74) is 7.99. The Bertz CT molecular complexity index is 710. The van der Waals surface area contributed by atoms with Crippen molar-refractivity contribution in [1.82, 2.24) is 5.32 Å². The van der Waals surface area contributed by atoms with Crippen LogP contribution in [0.1, 0.15) is 34.5 Å². The normalized spacial score (nSPS) is 11.1. The average molecular weight is 381 g/mol. The van der Waals surface area contributed by atoms with Crippen molar-refractivity contribution in [3.05, 3.63) is 53.1 Å². The van der Waals surface area contributed by atoms with Crippen LogP contribution in [0.5, 0.6) is 17.2 Å². The number of carbonyl (C=O) groups excluding carboxylic acids is 1. The number of nitrogens with two attached hydrogens (primary N) is 1. The highest BCUT2D eigenvalue weighted by atomic mass is 35.5. The first-order chi connectivity index (χ1) is 12.0.